The van der Waals surface area contributed by atoms with E-state index in [4.69, 9.17) is 0 Å². The van der Waals surface area contributed by atoms with Crippen molar-refractivity contribution < 1.29 is 4.79 Å². The highest BCUT2D eigenvalue weighted by atomic mass is 16.2. The maximum Gasteiger partial charge on any atom is 0.318 e. The van der Waals surface area contributed by atoms with Gasteiger partial charge in [-0.2, -0.15) is 0 Å². The summed E-state index contributed by atoms with van der Waals surface area (Å²) in [4.78, 5) is 16.8. The molecule has 2 amide bonds. The van der Waals surface area contributed by atoms with Gasteiger partial charge in [0.15, 0.2) is 0 Å². The summed E-state index contributed by atoms with van der Waals surface area (Å²) in [6.45, 7) is 1.76. The minimum atomic E-state index is 0.0276. The van der Waals surface area contributed by atoms with Crippen molar-refractivity contribution in [2.75, 3.05) is 27.2 Å². The Bertz CT molecular complexity index is 573. The van der Waals surface area contributed by atoms with E-state index in [9.17, 15) is 4.79 Å². The quantitative estimate of drug-likeness (QED) is 0.927. The number of amides is 2. The van der Waals surface area contributed by atoms with E-state index in [-0.39, 0.29) is 17.1 Å². The zero-order chi connectivity index (χ0) is 15.4. The van der Waals surface area contributed by atoms with Gasteiger partial charge >= 0.3 is 6.03 Å². The van der Waals surface area contributed by atoms with E-state index in [1.54, 1.807) is 0 Å². The minimum Gasteiger partial charge on any atom is -0.336 e. The Hall–Kier alpha value is -1.55. The fraction of sp³-hybridized carbons (Fsp3) is 0.611. The molecule has 1 spiro atoms. The first-order valence-corrected chi connectivity index (χ1v) is 8.34. The van der Waals surface area contributed by atoms with Crippen LogP contribution in [0.25, 0.3) is 0 Å². The second kappa shape index (κ2) is 4.72. The topological polar surface area (TPSA) is 35.6 Å². The molecule has 0 atom stereocenters. The predicted octanol–water partition coefficient (Wildman–Crippen LogP) is 2.41. The van der Waals surface area contributed by atoms with E-state index in [1.165, 1.54) is 18.4 Å². The van der Waals surface area contributed by atoms with Crippen LogP contribution in [0.15, 0.2) is 30.3 Å². The van der Waals surface area contributed by atoms with Crippen LogP contribution in [0, 0.1) is 5.92 Å². The lowest BCUT2D eigenvalue weighted by Crippen LogP contribution is -2.67. The summed E-state index contributed by atoms with van der Waals surface area (Å²) in [6, 6.07) is 10.9. The molecule has 4 nitrogen and oxygen atoms in total. The molecule has 0 radical (unpaired) electrons. The van der Waals surface area contributed by atoms with Crippen molar-refractivity contribution in [3.8, 4) is 0 Å². The van der Waals surface area contributed by atoms with Crippen LogP contribution in [0.2, 0.25) is 0 Å². The predicted molar refractivity (Wildman–Crippen MR) is 86.6 cm³/mol. The van der Waals surface area contributed by atoms with Crippen molar-refractivity contribution in [2.24, 2.45) is 5.92 Å². The highest BCUT2D eigenvalue weighted by Crippen LogP contribution is 2.55. The van der Waals surface area contributed by atoms with Gasteiger partial charge in [-0.05, 0) is 51.3 Å². The molecule has 1 aliphatic heterocycles. The van der Waals surface area contributed by atoms with Crippen LogP contribution >= 0.6 is 0 Å². The molecule has 1 aromatic rings. The number of urea groups is 1. The summed E-state index contributed by atoms with van der Waals surface area (Å²) in [5.41, 5.74) is 1.46. The van der Waals surface area contributed by atoms with Crippen molar-refractivity contribution >= 4 is 6.03 Å². The van der Waals surface area contributed by atoms with Gasteiger partial charge in [-0.3, -0.25) is 4.90 Å². The third-order valence-corrected chi connectivity index (χ3v) is 5.93. The average Bonchev–Trinajstić information content (AvgIpc) is 3.23. The number of benzene rings is 1. The van der Waals surface area contributed by atoms with Gasteiger partial charge in [-0.15, -0.1) is 0 Å². The normalized spacial score (nSPS) is 34.1. The summed E-state index contributed by atoms with van der Waals surface area (Å²) < 4.78 is 0. The van der Waals surface area contributed by atoms with Crippen molar-refractivity contribution in [1.29, 1.82) is 0 Å². The Balaban J connectivity index is 1.60. The van der Waals surface area contributed by atoms with Crippen LogP contribution in [0.3, 0.4) is 0 Å². The monoisotopic (exact) mass is 299 g/mol. The number of hydrogen-bond acceptors (Lipinski definition) is 2. The highest BCUT2D eigenvalue weighted by molar-refractivity contribution is 5.78. The van der Waals surface area contributed by atoms with Crippen LogP contribution in [-0.4, -0.2) is 48.6 Å². The summed E-state index contributed by atoms with van der Waals surface area (Å²) >= 11 is 0. The Morgan fingerprint density at radius 2 is 1.91 bits per heavy atom. The lowest BCUT2D eigenvalue weighted by molar-refractivity contribution is -0.0685. The lowest BCUT2D eigenvalue weighted by Gasteiger charge is -2.60. The van der Waals surface area contributed by atoms with E-state index >= 15 is 0 Å². The smallest absolute Gasteiger partial charge is 0.318 e. The summed E-state index contributed by atoms with van der Waals surface area (Å²) in [5.74, 6) is 0.742. The summed E-state index contributed by atoms with van der Waals surface area (Å²) in [6.07, 6.45) is 4.64. The van der Waals surface area contributed by atoms with Gasteiger partial charge < -0.3 is 10.2 Å². The molecule has 1 aromatic carbocycles. The molecule has 4 rings (SSSR count). The van der Waals surface area contributed by atoms with Crippen LogP contribution < -0.4 is 5.32 Å². The molecule has 1 saturated heterocycles. The maximum absolute atomic E-state index is 12.3. The molecule has 0 aromatic heterocycles. The van der Waals surface area contributed by atoms with Crippen molar-refractivity contribution in [1.82, 2.24) is 15.1 Å². The molecule has 3 fully saturated rings. The van der Waals surface area contributed by atoms with Crippen molar-refractivity contribution in [2.45, 2.75) is 36.8 Å². The first-order valence-electron chi connectivity index (χ1n) is 8.34. The van der Waals surface area contributed by atoms with Crippen LogP contribution in [0.1, 0.15) is 31.2 Å². The van der Waals surface area contributed by atoms with Gasteiger partial charge in [0, 0.05) is 13.1 Å². The molecule has 118 valence electrons. The number of hydrogen-bond donors (Lipinski definition) is 1. The number of nitrogens with one attached hydrogen (secondary N) is 1. The Labute approximate surface area is 132 Å². The average molecular weight is 299 g/mol. The molecule has 2 saturated carbocycles. The molecule has 3 aliphatic rings. The van der Waals surface area contributed by atoms with Gasteiger partial charge in [-0.1, -0.05) is 30.3 Å². The van der Waals surface area contributed by atoms with Crippen molar-refractivity contribution in [3.63, 3.8) is 0 Å². The zero-order valence-electron chi connectivity index (χ0n) is 13.5. The third kappa shape index (κ3) is 1.97. The SMILES string of the molecule is CN(C)C1(c2ccccc2)CC2(CNC(=O)N2CC2CC2)C1. The zero-order valence-corrected chi connectivity index (χ0v) is 13.5. The minimum absolute atomic E-state index is 0.0276. The number of nitrogens with zero attached hydrogens (tertiary/aromatic N) is 2. The molecule has 0 unspecified atom stereocenters. The molecule has 4 heteroatoms. The first kappa shape index (κ1) is 14.1. The van der Waals surface area contributed by atoms with E-state index in [1.807, 2.05) is 0 Å². The van der Waals surface area contributed by atoms with E-state index in [2.05, 4.69) is 59.5 Å². The number of carbonyl (C=O) groups is 1. The molecule has 0 bridgehead atoms. The van der Waals surface area contributed by atoms with Gasteiger partial charge in [0.2, 0.25) is 0 Å². The van der Waals surface area contributed by atoms with Gasteiger partial charge in [0.1, 0.15) is 0 Å². The molecule has 2 aliphatic carbocycles. The fourth-order valence-corrected chi connectivity index (χ4v) is 4.36. The Morgan fingerprint density at radius 1 is 1.23 bits per heavy atom. The van der Waals surface area contributed by atoms with Gasteiger partial charge in [0.05, 0.1) is 11.1 Å². The highest BCUT2D eigenvalue weighted by Gasteiger charge is 2.63. The second-order valence-corrected chi connectivity index (χ2v) is 7.58. The fourth-order valence-electron chi connectivity index (χ4n) is 4.36. The maximum atomic E-state index is 12.3. The van der Waals surface area contributed by atoms with Gasteiger partial charge in [-0.25, -0.2) is 4.79 Å². The Morgan fingerprint density at radius 3 is 2.50 bits per heavy atom. The molecular formula is C18H25N3O. The molecule has 22 heavy (non-hydrogen) atoms. The number of rotatable bonds is 4. The Kier molecular flexibility index (Phi) is 3.02. The second-order valence-electron chi connectivity index (χ2n) is 7.58. The third-order valence-electron chi connectivity index (χ3n) is 5.93. The molecule has 1 N–H and O–H groups in total. The first-order chi connectivity index (χ1) is 10.6. The van der Waals surface area contributed by atoms with E-state index in [0.717, 1.165) is 31.8 Å². The van der Waals surface area contributed by atoms with Crippen LogP contribution in [0.4, 0.5) is 4.79 Å². The van der Waals surface area contributed by atoms with E-state index in [0.29, 0.717) is 0 Å². The summed E-state index contributed by atoms with van der Waals surface area (Å²) in [5, 5.41) is 3.09. The standard InChI is InChI=1S/C18H25N3O/c1-20(2)18(15-6-4-3-5-7-15)11-17(12-18)13-19-16(22)21(17)10-14-8-9-14/h3-7,14H,8-13H2,1-2H3,(H,19,22). The largest absolute Gasteiger partial charge is 0.336 e. The van der Waals surface area contributed by atoms with Gasteiger partial charge in [0.25, 0.3) is 0 Å². The van der Waals surface area contributed by atoms with Crippen molar-refractivity contribution in [3.05, 3.63) is 35.9 Å². The molecular weight excluding hydrogens is 274 g/mol. The van der Waals surface area contributed by atoms with Crippen LogP contribution in [0.5, 0.6) is 0 Å². The summed E-state index contributed by atoms with van der Waals surface area (Å²) in [7, 11) is 4.32. The van der Waals surface area contributed by atoms with Crippen LogP contribution in [-0.2, 0) is 5.54 Å². The lowest BCUT2D eigenvalue weighted by atomic mass is 9.58. The molecule has 1 heterocycles. The number of carbonyl (C=O) groups excluding carboxylic acids is 1. The van der Waals surface area contributed by atoms with E-state index < -0.39 is 0 Å².